The number of nitrogens with one attached hydrogen (secondary N) is 2. The van der Waals surface area contributed by atoms with Crippen LogP contribution in [0.25, 0.3) is 0 Å². The van der Waals surface area contributed by atoms with Gasteiger partial charge in [0.05, 0.1) is 6.54 Å². The lowest BCUT2D eigenvalue weighted by Crippen LogP contribution is -2.43. The molecule has 0 unspecified atom stereocenters. The minimum Gasteiger partial charge on any atom is -0.355 e. The van der Waals surface area contributed by atoms with Crippen LogP contribution in [0.5, 0.6) is 0 Å². The number of thioether (sulfide) groups is 1. The number of guanidine groups is 1. The molecule has 1 aromatic carbocycles. The highest BCUT2D eigenvalue weighted by atomic mass is 127. The first-order valence-electron chi connectivity index (χ1n) is 8.07. The molecule has 0 amide bonds. The van der Waals surface area contributed by atoms with E-state index in [9.17, 15) is 0 Å². The van der Waals surface area contributed by atoms with Crippen LogP contribution in [0.4, 0.5) is 0 Å². The second-order valence-corrected chi connectivity index (χ2v) is 7.71. The van der Waals surface area contributed by atoms with Gasteiger partial charge in [0, 0.05) is 37.3 Å². The van der Waals surface area contributed by atoms with Crippen LogP contribution in [0.2, 0.25) is 0 Å². The molecule has 1 heterocycles. The molecular weight excluding hydrogens is 445 g/mol. The third-order valence-electron chi connectivity index (χ3n) is 3.87. The average Bonchev–Trinajstić information content (AvgIpc) is 3.03. The highest BCUT2D eigenvalue weighted by molar-refractivity contribution is 14.0. The van der Waals surface area contributed by atoms with Crippen LogP contribution >= 0.6 is 35.7 Å². The van der Waals surface area contributed by atoms with Crippen molar-refractivity contribution in [1.29, 1.82) is 0 Å². The number of benzene rings is 1. The number of nitrogens with zero attached hydrogens (tertiary/aromatic N) is 3. The first-order valence-corrected chi connectivity index (χ1v) is 9.30. The molecule has 0 radical (unpaired) electrons. The van der Waals surface area contributed by atoms with E-state index in [0.29, 0.717) is 6.54 Å². The van der Waals surface area contributed by atoms with Crippen molar-refractivity contribution in [3.05, 3.63) is 54.1 Å². The van der Waals surface area contributed by atoms with Crippen molar-refractivity contribution in [2.24, 2.45) is 4.99 Å². The standard InChI is InChI=1S/C18H27N5S.HI/c1-18(2,24-4)14-22-17(19-3)21-12-16-20-10-11-23(16)13-15-8-6-5-7-9-15;/h5-11H,12-14H2,1-4H3,(H2,19,21,22);1H. The van der Waals surface area contributed by atoms with Gasteiger partial charge in [-0.05, 0) is 25.7 Å². The van der Waals surface area contributed by atoms with Crippen molar-refractivity contribution in [1.82, 2.24) is 20.2 Å². The molecule has 2 rings (SSSR count). The normalized spacial score (nSPS) is 11.8. The van der Waals surface area contributed by atoms with Crippen LogP contribution in [-0.2, 0) is 13.1 Å². The molecule has 5 nitrogen and oxygen atoms in total. The van der Waals surface area contributed by atoms with Crippen LogP contribution in [0.15, 0.2) is 47.7 Å². The van der Waals surface area contributed by atoms with Crippen molar-refractivity contribution in [3.8, 4) is 0 Å². The van der Waals surface area contributed by atoms with Gasteiger partial charge < -0.3 is 15.2 Å². The van der Waals surface area contributed by atoms with Crippen LogP contribution in [0.3, 0.4) is 0 Å². The Hall–Kier alpha value is -1.22. The summed E-state index contributed by atoms with van der Waals surface area (Å²) in [6, 6.07) is 10.4. The van der Waals surface area contributed by atoms with E-state index in [1.807, 2.05) is 30.2 Å². The Morgan fingerprint density at radius 1 is 1.24 bits per heavy atom. The molecule has 25 heavy (non-hydrogen) atoms. The number of halogens is 1. The summed E-state index contributed by atoms with van der Waals surface area (Å²) >= 11 is 1.84. The van der Waals surface area contributed by atoms with E-state index >= 15 is 0 Å². The Labute approximate surface area is 172 Å². The van der Waals surface area contributed by atoms with E-state index in [1.54, 1.807) is 7.05 Å². The fourth-order valence-corrected chi connectivity index (χ4v) is 2.40. The maximum absolute atomic E-state index is 4.46. The Morgan fingerprint density at radius 3 is 2.60 bits per heavy atom. The Kier molecular flexibility index (Phi) is 9.34. The van der Waals surface area contributed by atoms with Crippen LogP contribution < -0.4 is 10.6 Å². The van der Waals surface area contributed by atoms with Crippen molar-refractivity contribution in [3.63, 3.8) is 0 Å². The summed E-state index contributed by atoms with van der Waals surface area (Å²) in [5.74, 6) is 1.79. The lowest BCUT2D eigenvalue weighted by Gasteiger charge is -2.23. The van der Waals surface area contributed by atoms with E-state index in [1.165, 1.54) is 5.56 Å². The smallest absolute Gasteiger partial charge is 0.191 e. The van der Waals surface area contributed by atoms with Gasteiger partial charge in [-0.1, -0.05) is 30.3 Å². The Morgan fingerprint density at radius 2 is 1.96 bits per heavy atom. The summed E-state index contributed by atoms with van der Waals surface area (Å²) in [6.07, 6.45) is 5.97. The van der Waals surface area contributed by atoms with Crippen LogP contribution in [-0.4, -0.2) is 40.1 Å². The minimum absolute atomic E-state index is 0. The summed E-state index contributed by atoms with van der Waals surface area (Å²) in [5.41, 5.74) is 1.26. The summed E-state index contributed by atoms with van der Waals surface area (Å²) in [5, 5.41) is 6.71. The zero-order chi connectivity index (χ0) is 17.4. The third-order valence-corrected chi connectivity index (χ3v) is 5.12. The second kappa shape index (κ2) is 10.7. The van der Waals surface area contributed by atoms with E-state index in [-0.39, 0.29) is 28.7 Å². The van der Waals surface area contributed by atoms with Gasteiger partial charge in [-0.15, -0.1) is 24.0 Å². The lowest BCUT2D eigenvalue weighted by molar-refractivity contribution is 0.651. The van der Waals surface area contributed by atoms with Crippen molar-refractivity contribution in [2.45, 2.75) is 31.7 Å². The lowest BCUT2D eigenvalue weighted by atomic mass is 10.2. The number of aromatic nitrogens is 2. The number of rotatable bonds is 7. The first kappa shape index (κ1) is 21.8. The molecular formula is C18H28IN5S. The minimum atomic E-state index is 0. The molecule has 0 spiro atoms. The molecule has 0 saturated heterocycles. The first-order chi connectivity index (χ1) is 11.5. The largest absolute Gasteiger partial charge is 0.355 e. The van der Waals surface area contributed by atoms with Crippen molar-refractivity contribution in [2.75, 3.05) is 19.8 Å². The molecule has 2 N–H and O–H groups in total. The van der Waals surface area contributed by atoms with Gasteiger partial charge >= 0.3 is 0 Å². The molecule has 0 saturated carbocycles. The van der Waals surface area contributed by atoms with E-state index in [0.717, 1.165) is 24.9 Å². The molecule has 0 aliphatic rings. The second-order valence-electron chi connectivity index (χ2n) is 6.20. The van der Waals surface area contributed by atoms with E-state index < -0.39 is 0 Å². The van der Waals surface area contributed by atoms with Crippen molar-refractivity contribution >= 4 is 41.7 Å². The maximum Gasteiger partial charge on any atom is 0.191 e. The van der Waals surface area contributed by atoms with Gasteiger partial charge in [-0.2, -0.15) is 11.8 Å². The third kappa shape index (κ3) is 7.27. The maximum atomic E-state index is 4.46. The number of imidazole rings is 1. The summed E-state index contributed by atoms with van der Waals surface area (Å²) in [6.45, 7) is 6.74. The van der Waals surface area contributed by atoms with Gasteiger partial charge in [0.1, 0.15) is 5.82 Å². The van der Waals surface area contributed by atoms with Gasteiger partial charge in [0.25, 0.3) is 0 Å². The molecule has 1 aromatic heterocycles. The highest BCUT2D eigenvalue weighted by Crippen LogP contribution is 2.19. The summed E-state index contributed by atoms with van der Waals surface area (Å²) in [4.78, 5) is 8.74. The molecule has 138 valence electrons. The van der Waals surface area contributed by atoms with Gasteiger partial charge in [0.2, 0.25) is 0 Å². The highest BCUT2D eigenvalue weighted by Gasteiger charge is 2.16. The monoisotopic (exact) mass is 473 g/mol. The zero-order valence-corrected chi connectivity index (χ0v) is 18.5. The zero-order valence-electron chi connectivity index (χ0n) is 15.3. The predicted molar refractivity (Wildman–Crippen MR) is 119 cm³/mol. The van der Waals surface area contributed by atoms with E-state index in [2.05, 4.69) is 69.5 Å². The summed E-state index contributed by atoms with van der Waals surface area (Å²) < 4.78 is 2.32. The fourth-order valence-electron chi connectivity index (χ4n) is 2.18. The van der Waals surface area contributed by atoms with E-state index in [4.69, 9.17) is 0 Å². The molecule has 0 aliphatic carbocycles. The number of aliphatic imine (C=N–C) groups is 1. The Bertz CT molecular complexity index is 654. The average molecular weight is 473 g/mol. The molecule has 0 bridgehead atoms. The number of hydrogen-bond acceptors (Lipinski definition) is 3. The van der Waals surface area contributed by atoms with Gasteiger partial charge in [0.15, 0.2) is 5.96 Å². The van der Waals surface area contributed by atoms with Crippen LogP contribution in [0, 0.1) is 0 Å². The van der Waals surface area contributed by atoms with Gasteiger partial charge in [-0.3, -0.25) is 4.99 Å². The van der Waals surface area contributed by atoms with Crippen molar-refractivity contribution < 1.29 is 0 Å². The van der Waals surface area contributed by atoms with Crippen LogP contribution in [0.1, 0.15) is 25.2 Å². The van der Waals surface area contributed by atoms with Gasteiger partial charge in [-0.25, -0.2) is 4.98 Å². The molecule has 0 fully saturated rings. The Balaban J connectivity index is 0.00000312. The molecule has 2 aromatic rings. The summed E-state index contributed by atoms with van der Waals surface area (Å²) in [7, 11) is 1.79. The SMILES string of the molecule is CN=C(NCc1nccn1Cc1ccccc1)NCC(C)(C)SC.I. The predicted octanol–water partition coefficient (Wildman–Crippen LogP) is 3.36. The topological polar surface area (TPSA) is 54.2 Å². The fraction of sp³-hybridized carbons (Fsp3) is 0.444. The number of hydrogen-bond donors (Lipinski definition) is 2. The molecule has 7 heteroatoms. The quantitative estimate of drug-likeness (QED) is 0.368. The molecule has 0 aliphatic heterocycles. The molecule has 0 atom stereocenters.